The summed E-state index contributed by atoms with van der Waals surface area (Å²) in [4.78, 5) is 2.97. The van der Waals surface area contributed by atoms with Crippen molar-refractivity contribution in [3.63, 3.8) is 0 Å². The fourth-order valence-electron chi connectivity index (χ4n) is 1.58. The number of benzene rings is 1. The first-order chi connectivity index (χ1) is 7.24. The second-order valence-corrected chi connectivity index (χ2v) is 3.31. The van der Waals surface area contributed by atoms with E-state index in [4.69, 9.17) is 5.26 Å². The molecule has 0 bridgehead atoms. The van der Waals surface area contributed by atoms with E-state index in [1.54, 1.807) is 12.3 Å². The number of aromatic amines is 1. The number of hydrogen-bond donors (Lipinski definition) is 3. The quantitative estimate of drug-likeness (QED) is 0.637. The molecule has 2 rings (SSSR count). The van der Waals surface area contributed by atoms with Crippen molar-refractivity contribution in [2.75, 3.05) is 0 Å². The predicted molar refractivity (Wildman–Crippen MR) is 54.9 cm³/mol. The van der Waals surface area contributed by atoms with E-state index in [1.165, 1.54) is 0 Å². The average molecular weight is 202 g/mol. The van der Waals surface area contributed by atoms with Crippen LogP contribution in [0.4, 0.5) is 0 Å². The average Bonchev–Trinajstić information content (AvgIpc) is 2.70. The molecule has 0 fully saturated rings. The first-order valence-corrected chi connectivity index (χ1v) is 4.56. The summed E-state index contributed by atoms with van der Waals surface area (Å²) in [7, 11) is 0. The summed E-state index contributed by atoms with van der Waals surface area (Å²) in [6.07, 6.45) is -0.967. The second kappa shape index (κ2) is 3.73. The number of nitrogens with zero attached hydrogens (tertiary/aromatic N) is 1. The minimum Gasteiger partial charge on any atom is -0.384 e. The van der Waals surface area contributed by atoms with Gasteiger partial charge in [0.2, 0.25) is 0 Å². The number of aromatic nitrogens is 1. The molecule has 0 aliphatic carbocycles. The maximum atomic E-state index is 9.68. The lowest BCUT2D eigenvalue weighted by atomic mass is 10.0. The highest BCUT2D eigenvalue weighted by Gasteiger charge is 2.20. The van der Waals surface area contributed by atoms with E-state index in [2.05, 4.69) is 4.98 Å². The van der Waals surface area contributed by atoms with Crippen LogP contribution in [-0.4, -0.2) is 21.3 Å². The molecule has 1 heterocycles. The van der Waals surface area contributed by atoms with Crippen molar-refractivity contribution in [3.05, 3.63) is 36.0 Å². The Hall–Kier alpha value is -1.83. The van der Waals surface area contributed by atoms with Crippen LogP contribution in [0.5, 0.6) is 0 Å². The van der Waals surface area contributed by atoms with Crippen LogP contribution in [0.25, 0.3) is 10.9 Å². The van der Waals surface area contributed by atoms with Crippen molar-refractivity contribution in [1.82, 2.24) is 4.98 Å². The monoisotopic (exact) mass is 202 g/mol. The third-order valence-electron chi connectivity index (χ3n) is 2.37. The van der Waals surface area contributed by atoms with Crippen LogP contribution in [-0.2, 0) is 0 Å². The zero-order valence-electron chi connectivity index (χ0n) is 7.88. The molecule has 0 spiro atoms. The van der Waals surface area contributed by atoms with Gasteiger partial charge in [0.05, 0.1) is 6.07 Å². The zero-order chi connectivity index (χ0) is 10.8. The summed E-state index contributed by atoms with van der Waals surface area (Å²) in [5.41, 5.74) is 1.41. The highest BCUT2D eigenvalue weighted by Crippen LogP contribution is 2.25. The molecule has 0 amide bonds. The zero-order valence-corrected chi connectivity index (χ0v) is 7.88. The molecule has 3 N–H and O–H groups in total. The van der Waals surface area contributed by atoms with Gasteiger partial charge in [-0.2, -0.15) is 5.26 Å². The third-order valence-corrected chi connectivity index (χ3v) is 2.37. The lowest BCUT2D eigenvalue weighted by Gasteiger charge is -2.10. The number of aliphatic hydroxyl groups is 2. The fourth-order valence-corrected chi connectivity index (χ4v) is 1.58. The normalized spacial score (nSPS) is 14.7. The third kappa shape index (κ3) is 1.59. The summed E-state index contributed by atoms with van der Waals surface area (Å²) in [6.45, 7) is 0. The number of fused-ring (bicyclic) bond motifs is 1. The Bertz CT molecular complexity index is 513. The Labute approximate surface area is 86.4 Å². The van der Waals surface area contributed by atoms with E-state index >= 15 is 0 Å². The smallest absolute Gasteiger partial charge is 0.170 e. The Kier molecular flexibility index (Phi) is 2.42. The van der Waals surface area contributed by atoms with Crippen LogP contribution < -0.4 is 0 Å². The Morgan fingerprint density at radius 1 is 1.27 bits per heavy atom. The van der Waals surface area contributed by atoms with Crippen molar-refractivity contribution < 1.29 is 10.2 Å². The van der Waals surface area contributed by atoms with E-state index in [9.17, 15) is 10.2 Å². The summed E-state index contributed by atoms with van der Waals surface area (Å²) in [6, 6.07) is 9.01. The van der Waals surface area contributed by atoms with Gasteiger partial charge in [0, 0.05) is 22.7 Å². The number of H-pyrrole nitrogens is 1. The van der Waals surface area contributed by atoms with E-state index in [0.717, 1.165) is 10.9 Å². The summed E-state index contributed by atoms with van der Waals surface area (Å²) in [5, 5.41) is 28.2. The Morgan fingerprint density at radius 3 is 2.73 bits per heavy atom. The summed E-state index contributed by atoms with van der Waals surface area (Å²) in [5.74, 6) is 0. The number of nitrogens with one attached hydrogen (secondary N) is 1. The van der Waals surface area contributed by atoms with Crippen molar-refractivity contribution >= 4 is 10.9 Å². The van der Waals surface area contributed by atoms with Gasteiger partial charge < -0.3 is 15.2 Å². The van der Waals surface area contributed by atoms with Crippen LogP contribution in [0.3, 0.4) is 0 Å². The molecule has 15 heavy (non-hydrogen) atoms. The minimum absolute atomic E-state index is 0.541. The predicted octanol–water partition coefficient (Wildman–Crippen LogP) is 1.09. The molecule has 0 aliphatic rings. The molecule has 1 aromatic heterocycles. The highest BCUT2D eigenvalue weighted by atomic mass is 16.3. The minimum atomic E-state index is -1.40. The molecule has 4 nitrogen and oxygen atoms in total. The maximum absolute atomic E-state index is 9.68. The van der Waals surface area contributed by atoms with Crippen molar-refractivity contribution in [1.29, 1.82) is 5.26 Å². The molecular weight excluding hydrogens is 192 g/mol. The van der Waals surface area contributed by atoms with Gasteiger partial charge in [0.1, 0.15) is 6.10 Å². The van der Waals surface area contributed by atoms with Gasteiger partial charge >= 0.3 is 0 Å². The van der Waals surface area contributed by atoms with Crippen molar-refractivity contribution in [2.45, 2.75) is 12.2 Å². The Morgan fingerprint density at radius 2 is 2.00 bits per heavy atom. The van der Waals surface area contributed by atoms with Crippen LogP contribution in [0.1, 0.15) is 11.7 Å². The first-order valence-electron chi connectivity index (χ1n) is 4.56. The van der Waals surface area contributed by atoms with Gasteiger partial charge in [-0.15, -0.1) is 0 Å². The molecule has 2 atom stereocenters. The van der Waals surface area contributed by atoms with Crippen LogP contribution >= 0.6 is 0 Å². The molecule has 0 saturated carbocycles. The number of nitriles is 1. The van der Waals surface area contributed by atoms with Crippen LogP contribution in [0.15, 0.2) is 30.5 Å². The molecule has 76 valence electrons. The van der Waals surface area contributed by atoms with Crippen molar-refractivity contribution in [2.24, 2.45) is 0 Å². The fraction of sp³-hybridized carbons (Fsp3) is 0.182. The summed E-state index contributed by atoms with van der Waals surface area (Å²) < 4.78 is 0. The molecule has 0 aliphatic heterocycles. The SMILES string of the molecule is N#CC(O)C(O)c1c[nH]c2ccccc12. The molecule has 0 radical (unpaired) electrons. The topological polar surface area (TPSA) is 80.0 Å². The largest absolute Gasteiger partial charge is 0.384 e. The van der Waals surface area contributed by atoms with Gasteiger partial charge in [0.15, 0.2) is 6.10 Å². The summed E-state index contributed by atoms with van der Waals surface area (Å²) >= 11 is 0. The molecule has 1 aromatic carbocycles. The number of para-hydroxylation sites is 1. The van der Waals surface area contributed by atoms with E-state index < -0.39 is 12.2 Å². The van der Waals surface area contributed by atoms with Crippen LogP contribution in [0, 0.1) is 11.3 Å². The highest BCUT2D eigenvalue weighted by molar-refractivity contribution is 5.83. The van der Waals surface area contributed by atoms with Gasteiger partial charge in [0.25, 0.3) is 0 Å². The van der Waals surface area contributed by atoms with E-state index in [0.29, 0.717) is 5.56 Å². The standard InChI is InChI=1S/C11H10N2O2/c12-5-10(14)11(15)8-6-13-9-4-2-1-3-7(8)9/h1-4,6,10-11,13-15H. The van der Waals surface area contributed by atoms with Crippen LogP contribution in [0.2, 0.25) is 0 Å². The number of rotatable bonds is 2. The maximum Gasteiger partial charge on any atom is 0.170 e. The van der Waals surface area contributed by atoms with Gasteiger partial charge in [-0.05, 0) is 6.07 Å². The van der Waals surface area contributed by atoms with Gasteiger partial charge in [-0.3, -0.25) is 0 Å². The molecule has 4 heteroatoms. The number of aliphatic hydroxyl groups excluding tert-OH is 2. The lowest BCUT2D eigenvalue weighted by Crippen LogP contribution is -2.15. The second-order valence-electron chi connectivity index (χ2n) is 3.31. The molecule has 2 aromatic rings. The molecule has 2 unspecified atom stereocenters. The lowest BCUT2D eigenvalue weighted by molar-refractivity contribution is 0.0538. The van der Waals surface area contributed by atoms with E-state index in [1.807, 2.05) is 24.3 Å². The molecule has 0 saturated heterocycles. The molecular formula is C11H10N2O2. The van der Waals surface area contributed by atoms with Gasteiger partial charge in [-0.25, -0.2) is 0 Å². The number of hydrogen-bond acceptors (Lipinski definition) is 3. The van der Waals surface area contributed by atoms with E-state index in [-0.39, 0.29) is 0 Å². The first kappa shape index (κ1) is 9.71. The Balaban J connectivity index is 2.49. The van der Waals surface area contributed by atoms with Crippen molar-refractivity contribution in [3.8, 4) is 6.07 Å². The van der Waals surface area contributed by atoms with Gasteiger partial charge in [-0.1, -0.05) is 18.2 Å².